The van der Waals surface area contributed by atoms with Gasteiger partial charge in [0, 0.05) is 70.5 Å². The summed E-state index contributed by atoms with van der Waals surface area (Å²) in [7, 11) is 0. The van der Waals surface area contributed by atoms with Crippen LogP contribution >= 0.6 is 0 Å². The summed E-state index contributed by atoms with van der Waals surface area (Å²) in [6.07, 6.45) is 17.3. The molecule has 6 fully saturated rings. The molecule has 0 radical (unpaired) electrons. The van der Waals surface area contributed by atoms with Gasteiger partial charge in [-0.3, -0.25) is 0 Å². The molecule has 0 spiro atoms. The summed E-state index contributed by atoms with van der Waals surface area (Å²) in [5.41, 5.74) is 1.01. The summed E-state index contributed by atoms with van der Waals surface area (Å²) < 4.78 is 0. The van der Waals surface area contributed by atoms with E-state index in [1.54, 1.807) is 0 Å². The van der Waals surface area contributed by atoms with Gasteiger partial charge >= 0.3 is 0 Å². The topological polar surface area (TPSA) is 92.4 Å². The number of hydrogen-bond donors (Lipinski definition) is 7. The Bertz CT molecular complexity index is 890. The van der Waals surface area contributed by atoms with Gasteiger partial charge in [-0.1, -0.05) is 33.6 Å². The molecule has 0 aromatic carbocycles. The number of nitrogens with one attached hydrogen (secondary N) is 6. The smallest absolute Gasteiger partial charge is 0.0543 e. The van der Waals surface area contributed by atoms with E-state index in [0.29, 0.717) is 29.0 Å². The van der Waals surface area contributed by atoms with Crippen LogP contribution in [0.1, 0.15) is 104 Å². The van der Waals surface area contributed by atoms with Gasteiger partial charge in [0.1, 0.15) is 0 Å². The summed E-state index contributed by atoms with van der Waals surface area (Å²) >= 11 is 0. The predicted octanol–water partition coefficient (Wildman–Crippen LogP) is 3.87. The highest BCUT2D eigenvalue weighted by atomic mass is 16.3. The minimum Gasteiger partial charge on any atom is -0.393 e. The van der Waals surface area contributed by atoms with Crippen molar-refractivity contribution in [3.63, 3.8) is 0 Å². The molecule has 44 heavy (non-hydrogen) atoms. The van der Waals surface area contributed by atoms with E-state index >= 15 is 0 Å². The van der Waals surface area contributed by atoms with E-state index in [4.69, 9.17) is 0 Å². The molecule has 12 atom stereocenters. The largest absolute Gasteiger partial charge is 0.393 e. The van der Waals surface area contributed by atoms with E-state index < -0.39 is 0 Å². The first kappa shape index (κ1) is 33.6. The molecular formula is C37H70N6O. The number of hydrogen-bond acceptors (Lipinski definition) is 7. The fourth-order valence-electron chi connectivity index (χ4n) is 12.1. The number of aliphatic hydroxyl groups excluding tert-OH is 1. The highest BCUT2D eigenvalue weighted by molar-refractivity contribution is 5.10. The van der Waals surface area contributed by atoms with Crippen LogP contribution in [0.15, 0.2) is 0 Å². The third kappa shape index (κ3) is 7.39. The quantitative estimate of drug-likeness (QED) is 0.253. The van der Waals surface area contributed by atoms with Crippen molar-refractivity contribution in [2.75, 3.05) is 58.9 Å². The van der Waals surface area contributed by atoms with E-state index in [9.17, 15) is 5.11 Å². The van der Waals surface area contributed by atoms with Crippen molar-refractivity contribution in [1.82, 2.24) is 31.9 Å². The normalized spacial score (nSPS) is 46.8. The highest BCUT2D eigenvalue weighted by Gasteiger charge is 2.60. The molecule has 7 nitrogen and oxygen atoms in total. The van der Waals surface area contributed by atoms with Gasteiger partial charge in [0.2, 0.25) is 0 Å². The first-order valence-corrected chi connectivity index (χ1v) is 19.4. The van der Waals surface area contributed by atoms with Crippen molar-refractivity contribution in [1.29, 1.82) is 0 Å². The Hall–Kier alpha value is -0.280. The Morgan fingerprint density at radius 1 is 0.727 bits per heavy atom. The van der Waals surface area contributed by atoms with Gasteiger partial charge in [-0.2, -0.15) is 0 Å². The molecule has 0 aromatic rings. The Morgan fingerprint density at radius 3 is 2.20 bits per heavy atom. The van der Waals surface area contributed by atoms with Crippen LogP contribution in [0.5, 0.6) is 0 Å². The Labute approximate surface area is 270 Å². The van der Waals surface area contributed by atoms with Crippen LogP contribution in [0.25, 0.3) is 0 Å². The lowest BCUT2D eigenvalue weighted by atomic mass is 9.44. The molecule has 1 heterocycles. The van der Waals surface area contributed by atoms with Gasteiger partial charge in [-0.25, -0.2) is 0 Å². The second kappa shape index (κ2) is 15.3. The van der Waals surface area contributed by atoms with Crippen molar-refractivity contribution in [3.05, 3.63) is 0 Å². The molecule has 7 heteroatoms. The van der Waals surface area contributed by atoms with Crippen LogP contribution in [0.4, 0.5) is 0 Å². The fourth-order valence-corrected chi connectivity index (χ4v) is 12.1. The monoisotopic (exact) mass is 615 g/mol. The Kier molecular flexibility index (Phi) is 11.7. The van der Waals surface area contributed by atoms with Gasteiger partial charge in [0.15, 0.2) is 0 Å². The Balaban J connectivity index is 1.02. The molecule has 1 aliphatic heterocycles. The zero-order valence-electron chi connectivity index (χ0n) is 28.8. The van der Waals surface area contributed by atoms with Crippen LogP contribution < -0.4 is 31.9 Å². The molecular weight excluding hydrogens is 544 g/mol. The molecule has 7 N–H and O–H groups in total. The van der Waals surface area contributed by atoms with Gasteiger partial charge in [-0.15, -0.1) is 0 Å². The van der Waals surface area contributed by atoms with E-state index in [0.717, 1.165) is 107 Å². The molecule has 0 aromatic heterocycles. The molecule has 6 aliphatic rings. The second-order valence-corrected chi connectivity index (χ2v) is 17.0. The molecule has 0 amide bonds. The number of aliphatic hydroxyl groups is 1. The molecule has 5 saturated carbocycles. The third-order valence-electron chi connectivity index (χ3n) is 14.6. The number of rotatable bonds is 5. The zero-order chi connectivity index (χ0) is 30.6. The van der Waals surface area contributed by atoms with Crippen molar-refractivity contribution >= 4 is 0 Å². The maximum Gasteiger partial charge on any atom is 0.0543 e. The SMILES string of the molecule is C[C@@H](CNCC1CNC2CCCCC2NCCNCCNCCN1)[C@H]1CCC2C3CCC4CC(O)CC[C@]4(C)C3CC[C@@]21C. The maximum absolute atomic E-state index is 10.4. The van der Waals surface area contributed by atoms with Crippen LogP contribution in [0, 0.1) is 46.3 Å². The summed E-state index contributed by atoms with van der Waals surface area (Å²) in [5.74, 6) is 5.11. The summed E-state index contributed by atoms with van der Waals surface area (Å²) in [5, 5.41) is 33.4. The second-order valence-electron chi connectivity index (χ2n) is 17.0. The highest BCUT2D eigenvalue weighted by Crippen LogP contribution is 2.68. The molecule has 5 aliphatic carbocycles. The van der Waals surface area contributed by atoms with E-state index in [-0.39, 0.29) is 6.10 Å². The molecule has 6 rings (SSSR count). The third-order valence-corrected chi connectivity index (χ3v) is 14.6. The molecule has 254 valence electrons. The molecule has 1 saturated heterocycles. The minimum atomic E-state index is -0.0340. The average Bonchev–Trinajstić information content (AvgIpc) is 3.37. The van der Waals surface area contributed by atoms with Crippen molar-refractivity contribution < 1.29 is 5.11 Å². The van der Waals surface area contributed by atoms with Crippen LogP contribution in [-0.4, -0.2) is 88.2 Å². The first-order chi connectivity index (χ1) is 21.4. The summed E-state index contributed by atoms with van der Waals surface area (Å²) in [6, 6.07) is 1.66. The lowest BCUT2D eigenvalue weighted by molar-refractivity contribution is -0.129. The lowest BCUT2D eigenvalue weighted by Gasteiger charge is -2.61. The van der Waals surface area contributed by atoms with Crippen molar-refractivity contribution in [2.24, 2.45) is 46.3 Å². The fraction of sp³-hybridized carbons (Fsp3) is 1.00. The van der Waals surface area contributed by atoms with Crippen LogP contribution in [0.2, 0.25) is 0 Å². The van der Waals surface area contributed by atoms with Crippen LogP contribution in [0.3, 0.4) is 0 Å². The first-order valence-electron chi connectivity index (χ1n) is 19.4. The van der Waals surface area contributed by atoms with Crippen molar-refractivity contribution in [3.8, 4) is 0 Å². The Morgan fingerprint density at radius 2 is 1.41 bits per heavy atom. The number of fused-ring (bicyclic) bond motifs is 6. The van der Waals surface area contributed by atoms with E-state index in [1.165, 1.54) is 70.6 Å². The molecule has 0 bridgehead atoms. The van der Waals surface area contributed by atoms with Crippen molar-refractivity contribution in [2.45, 2.75) is 128 Å². The van der Waals surface area contributed by atoms with Crippen LogP contribution in [-0.2, 0) is 0 Å². The van der Waals surface area contributed by atoms with Gasteiger partial charge in [0.25, 0.3) is 0 Å². The average molecular weight is 615 g/mol. The summed E-state index contributed by atoms with van der Waals surface area (Å²) in [4.78, 5) is 0. The van der Waals surface area contributed by atoms with Gasteiger partial charge < -0.3 is 37.0 Å². The van der Waals surface area contributed by atoms with Gasteiger partial charge in [0.05, 0.1) is 6.10 Å². The zero-order valence-corrected chi connectivity index (χ0v) is 28.8. The predicted molar refractivity (Wildman–Crippen MR) is 183 cm³/mol. The van der Waals surface area contributed by atoms with E-state index in [2.05, 4.69) is 52.7 Å². The summed E-state index contributed by atoms with van der Waals surface area (Å²) in [6.45, 7) is 17.4. The van der Waals surface area contributed by atoms with E-state index in [1.807, 2.05) is 0 Å². The standard InChI is InChI=1S/C37H70N6O/c1-26(23-40-24-28-25-43-35-7-5-4-6-34(35)42-21-19-39-17-16-38-18-20-41-28)31-10-11-32-30-9-8-27-22-29(44)12-14-36(27,2)33(30)13-15-37(31,32)3/h26-35,38-44H,4-25H2,1-3H3/t26-,27?,28?,29?,30?,31+,32?,33?,34?,35?,36-,37+/m0/s1. The minimum absolute atomic E-state index is 0.0340. The maximum atomic E-state index is 10.4. The lowest BCUT2D eigenvalue weighted by Crippen LogP contribution is -2.55. The van der Waals surface area contributed by atoms with Gasteiger partial charge in [-0.05, 0) is 124 Å². The molecule has 8 unspecified atom stereocenters.